The fraction of sp³-hybridized carbons (Fsp3) is 0.385. The van der Waals surface area contributed by atoms with Gasteiger partial charge in [0.05, 0.1) is 11.8 Å². The van der Waals surface area contributed by atoms with Gasteiger partial charge in [-0.25, -0.2) is 0 Å². The Morgan fingerprint density at radius 3 is 2.53 bits per heavy atom. The van der Waals surface area contributed by atoms with Gasteiger partial charge in [0.1, 0.15) is 0 Å². The molecule has 0 unspecified atom stereocenters. The van der Waals surface area contributed by atoms with Gasteiger partial charge in [0.15, 0.2) is 0 Å². The largest absolute Gasteiger partial charge is 0.481 e. The summed E-state index contributed by atoms with van der Waals surface area (Å²) in [7, 11) is 0. The van der Waals surface area contributed by atoms with Crippen molar-refractivity contribution in [2.24, 2.45) is 11.8 Å². The lowest BCUT2D eigenvalue weighted by Gasteiger charge is -2.04. The predicted molar refractivity (Wildman–Crippen MR) is 62.4 cm³/mol. The quantitative estimate of drug-likeness (QED) is 0.799. The Bertz CT molecular complexity index is 416. The number of rotatable bonds is 5. The van der Waals surface area contributed by atoms with Crippen LogP contribution >= 0.6 is 0 Å². The molecule has 1 aliphatic carbocycles. The fourth-order valence-corrected chi connectivity index (χ4v) is 1.86. The van der Waals surface area contributed by atoms with Crippen molar-refractivity contribution in [2.45, 2.75) is 12.8 Å². The van der Waals surface area contributed by atoms with Crippen molar-refractivity contribution >= 4 is 11.9 Å². The van der Waals surface area contributed by atoms with Gasteiger partial charge in [-0.2, -0.15) is 0 Å². The van der Waals surface area contributed by atoms with Crippen LogP contribution in [0.4, 0.5) is 0 Å². The average Bonchev–Trinajstić information content (AvgIpc) is 3.10. The normalized spacial score (nSPS) is 21.9. The van der Waals surface area contributed by atoms with Crippen molar-refractivity contribution in [1.29, 1.82) is 0 Å². The lowest BCUT2D eigenvalue weighted by atomic mass is 10.1. The smallest absolute Gasteiger partial charge is 0.307 e. The number of carboxylic acids is 1. The van der Waals surface area contributed by atoms with E-state index in [-0.39, 0.29) is 11.8 Å². The molecular formula is C13H15NO3. The van der Waals surface area contributed by atoms with E-state index < -0.39 is 11.9 Å². The van der Waals surface area contributed by atoms with Gasteiger partial charge < -0.3 is 10.4 Å². The summed E-state index contributed by atoms with van der Waals surface area (Å²) in [6, 6.07) is 9.87. The zero-order valence-electron chi connectivity index (χ0n) is 9.43. The van der Waals surface area contributed by atoms with Crippen molar-refractivity contribution < 1.29 is 14.7 Å². The number of amides is 1. The van der Waals surface area contributed by atoms with E-state index in [2.05, 4.69) is 5.32 Å². The first kappa shape index (κ1) is 11.6. The summed E-state index contributed by atoms with van der Waals surface area (Å²) in [5.74, 6) is -1.78. The minimum atomic E-state index is -0.867. The van der Waals surface area contributed by atoms with E-state index in [0.29, 0.717) is 13.0 Å². The Kier molecular flexibility index (Phi) is 3.42. The predicted octanol–water partition coefficient (Wildman–Crippen LogP) is 1.07. The lowest BCUT2D eigenvalue weighted by Crippen LogP contribution is -2.28. The first-order valence-electron chi connectivity index (χ1n) is 5.73. The van der Waals surface area contributed by atoms with Crippen LogP contribution in [0.15, 0.2) is 30.3 Å². The van der Waals surface area contributed by atoms with Gasteiger partial charge in [0.2, 0.25) is 5.91 Å². The second kappa shape index (κ2) is 4.99. The summed E-state index contributed by atoms with van der Waals surface area (Å²) < 4.78 is 0. The maximum atomic E-state index is 11.5. The molecule has 90 valence electrons. The molecule has 0 saturated heterocycles. The fourth-order valence-electron chi connectivity index (χ4n) is 1.86. The van der Waals surface area contributed by atoms with Gasteiger partial charge in [-0.3, -0.25) is 9.59 Å². The van der Waals surface area contributed by atoms with E-state index >= 15 is 0 Å². The molecule has 1 fully saturated rings. The molecule has 4 heteroatoms. The molecule has 0 heterocycles. The van der Waals surface area contributed by atoms with Crippen LogP contribution in [-0.2, 0) is 16.0 Å². The van der Waals surface area contributed by atoms with E-state index in [9.17, 15) is 9.59 Å². The summed E-state index contributed by atoms with van der Waals surface area (Å²) in [5, 5.41) is 11.5. The van der Waals surface area contributed by atoms with Gasteiger partial charge in [-0.1, -0.05) is 30.3 Å². The highest BCUT2D eigenvalue weighted by Crippen LogP contribution is 2.38. The number of carboxylic acid groups (broad SMARTS) is 1. The number of benzene rings is 1. The van der Waals surface area contributed by atoms with Crippen LogP contribution in [0.2, 0.25) is 0 Å². The van der Waals surface area contributed by atoms with E-state index in [1.807, 2.05) is 30.3 Å². The zero-order valence-corrected chi connectivity index (χ0v) is 9.43. The summed E-state index contributed by atoms with van der Waals surface area (Å²) in [6.45, 7) is 0.561. The van der Waals surface area contributed by atoms with Gasteiger partial charge in [0.25, 0.3) is 0 Å². The molecule has 0 bridgehead atoms. The van der Waals surface area contributed by atoms with E-state index in [1.165, 1.54) is 5.56 Å². The van der Waals surface area contributed by atoms with Gasteiger partial charge in [-0.05, 0) is 18.4 Å². The molecule has 17 heavy (non-hydrogen) atoms. The van der Waals surface area contributed by atoms with Crippen molar-refractivity contribution in [3.8, 4) is 0 Å². The molecule has 0 radical (unpaired) electrons. The topological polar surface area (TPSA) is 66.4 Å². The van der Waals surface area contributed by atoms with Crippen LogP contribution < -0.4 is 5.32 Å². The van der Waals surface area contributed by atoms with E-state index in [4.69, 9.17) is 5.11 Å². The molecule has 0 aromatic heterocycles. The van der Waals surface area contributed by atoms with E-state index in [1.54, 1.807) is 0 Å². The Balaban J connectivity index is 1.70. The number of carbonyl (C=O) groups is 2. The summed E-state index contributed by atoms with van der Waals surface area (Å²) >= 11 is 0. The number of nitrogens with one attached hydrogen (secondary N) is 1. The number of aliphatic carboxylic acids is 1. The summed E-state index contributed by atoms with van der Waals surface area (Å²) in [4.78, 5) is 22.1. The number of hydrogen-bond acceptors (Lipinski definition) is 2. The first-order valence-corrected chi connectivity index (χ1v) is 5.73. The van der Waals surface area contributed by atoms with Crippen LogP contribution in [0.5, 0.6) is 0 Å². The maximum Gasteiger partial charge on any atom is 0.307 e. The number of hydrogen-bond donors (Lipinski definition) is 2. The molecule has 1 aromatic carbocycles. The maximum absolute atomic E-state index is 11.5. The van der Waals surface area contributed by atoms with Crippen LogP contribution in [-0.4, -0.2) is 23.5 Å². The highest BCUT2D eigenvalue weighted by Gasteiger charge is 2.48. The standard InChI is InChI=1S/C13H15NO3/c15-12(10-8-11(10)13(16)17)14-7-6-9-4-2-1-3-5-9/h1-5,10-11H,6-8H2,(H,14,15)(H,16,17)/t10-,11+/m1/s1. The molecule has 4 nitrogen and oxygen atoms in total. The van der Waals surface area contributed by atoms with Crippen molar-refractivity contribution in [2.75, 3.05) is 6.54 Å². The minimum Gasteiger partial charge on any atom is -0.481 e. The third-order valence-corrected chi connectivity index (χ3v) is 3.00. The second-order valence-corrected chi connectivity index (χ2v) is 4.31. The highest BCUT2D eigenvalue weighted by atomic mass is 16.4. The molecule has 1 saturated carbocycles. The minimum absolute atomic E-state index is 0.131. The highest BCUT2D eigenvalue weighted by molar-refractivity contribution is 5.89. The van der Waals surface area contributed by atoms with Crippen LogP contribution in [0.1, 0.15) is 12.0 Å². The Morgan fingerprint density at radius 1 is 1.24 bits per heavy atom. The lowest BCUT2D eigenvalue weighted by molar-refractivity contribution is -0.140. The molecule has 1 aromatic rings. The van der Waals surface area contributed by atoms with Crippen molar-refractivity contribution in [1.82, 2.24) is 5.32 Å². The van der Waals surface area contributed by atoms with Gasteiger partial charge >= 0.3 is 5.97 Å². The molecule has 1 aliphatic rings. The van der Waals surface area contributed by atoms with Gasteiger partial charge in [-0.15, -0.1) is 0 Å². The van der Waals surface area contributed by atoms with Gasteiger partial charge in [0, 0.05) is 6.54 Å². The Hall–Kier alpha value is -1.84. The van der Waals surface area contributed by atoms with Crippen LogP contribution in [0.25, 0.3) is 0 Å². The average molecular weight is 233 g/mol. The third kappa shape index (κ3) is 3.06. The molecule has 2 atom stereocenters. The van der Waals surface area contributed by atoms with Crippen molar-refractivity contribution in [3.63, 3.8) is 0 Å². The second-order valence-electron chi connectivity index (χ2n) is 4.31. The molecule has 1 amide bonds. The molecule has 2 rings (SSSR count). The monoisotopic (exact) mass is 233 g/mol. The van der Waals surface area contributed by atoms with Crippen LogP contribution in [0, 0.1) is 11.8 Å². The Morgan fingerprint density at radius 2 is 1.94 bits per heavy atom. The third-order valence-electron chi connectivity index (χ3n) is 3.00. The Labute approximate surface area is 99.6 Å². The molecule has 0 spiro atoms. The zero-order chi connectivity index (χ0) is 12.3. The van der Waals surface area contributed by atoms with Crippen molar-refractivity contribution in [3.05, 3.63) is 35.9 Å². The summed E-state index contributed by atoms with van der Waals surface area (Å²) in [6.07, 6.45) is 1.25. The van der Waals surface area contributed by atoms with Crippen LogP contribution in [0.3, 0.4) is 0 Å². The SMILES string of the molecule is O=C(O)[C@H]1C[C@H]1C(=O)NCCc1ccccc1. The number of carbonyl (C=O) groups excluding carboxylic acids is 1. The molecule has 0 aliphatic heterocycles. The first-order chi connectivity index (χ1) is 8.18. The summed E-state index contributed by atoms with van der Waals surface area (Å²) in [5.41, 5.74) is 1.17. The van der Waals surface area contributed by atoms with E-state index in [0.717, 1.165) is 6.42 Å². The molecule has 2 N–H and O–H groups in total. The molecular weight excluding hydrogens is 218 g/mol.